The molecule has 0 bridgehead atoms. The number of aliphatic hydroxyl groups is 1. The number of aliphatic hydroxyl groups excluding tert-OH is 1. The molecule has 2 atom stereocenters. The van der Waals surface area contributed by atoms with E-state index in [9.17, 15) is 9.50 Å². The molecule has 0 amide bonds. The number of halogens is 3. The van der Waals surface area contributed by atoms with Crippen molar-refractivity contribution in [1.82, 2.24) is 9.88 Å². The summed E-state index contributed by atoms with van der Waals surface area (Å²) < 4.78 is 14.0. The van der Waals surface area contributed by atoms with Gasteiger partial charge in [-0.2, -0.15) is 0 Å². The van der Waals surface area contributed by atoms with Gasteiger partial charge in [-0.25, -0.2) is 4.39 Å². The molecule has 0 saturated carbocycles. The average Bonchev–Trinajstić information content (AvgIpc) is 3.05. The molecule has 4 rings (SSSR count). The minimum Gasteiger partial charge on any atom is -0.384 e. The Morgan fingerprint density at radius 3 is 2.66 bits per heavy atom. The number of pyridine rings is 1. The summed E-state index contributed by atoms with van der Waals surface area (Å²) in [7, 11) is 1.93. The monoisotopic (exact) mass is 428 g/mol. The summed E-state index contributed by atoms with van der Waals surface area (Å²) in [6, 6.07) is 15.4. The fraction of sp³-hybridized carbons (Fsp3) is 0.174. The first-order valence-electron chi connectivity index (χ1n) is 9.19. The molecule has 29 heavy (non-hydrogen) atoms. The van der Waals surface area contributed by atoms with Crippen molar-refractivity contribution >= 4 is 28.9 Å². The number of nitrogens with zero attached hydrogens (tertiary/aromatic N) is 2. The maximum atomic E-state index is 14.0. The molecule has 3 aromatic rings. The first-order chi connectivity index (χ1) is 14.0. The second kappa shape index (κ2) is 8.15. The molecule has 0 aliphatic carbocycles. The molecule has 0 fully saturated rings. The summed E-state index contributed by atoms with van der Waals surface area (Å²) in [4.78, 5) is 6.16. The molecule has 0 radical (unpaired) electrons. The Bertz CT molecular complexity index is 1070. The van der Waals surface area contributed by atoms with Crippen LogP contribution in [0.25, 0.3) is 5.70 Å². The van der Waals surface area contributed by atoms with Gasteiger partial charge in [0.1, 0.15) is 11.9 Å². The summed E-state index contributed by atoms with van der Waals surface area (Å²) in [5.74, 6) is -0.509. The van der Waals surface area contributed by atoms with E-state index in [0.717, 1.165) is 16.8 Å². The van der Waals surface area contributed by atoms with Crippen molar-refractivity contribution in [2.45, 2.75) is 12.0 Å². The lowest BCUT2D eigenvalue weighted by Gasteiger charge is -2.21. The number of likely N-dealkylation sites (N-methyl/N-ethyl adjacent to an activating group) is 1. The minimum atomic E-state index is -0.913. The fourth-order valence-corrected chi connectivity index (χ4v) is 4.50. The van der Waals surface area contributed by atoms with Crippen LogP contribution in [-0.4, -0.2) is 28.6 Å². The van der Waals surface area contributed by atoms with Gasteiger partial charge in [-0.1, -0.05) is 47.5 Å². The van der Waals surface area contributed by atoms with Crippen molar-refractivity contribution in [3.63, 3.8) is 0 Å². The normalized spacial score (nSPS) is 17.7. The van der Waals surface area contributed by atoms with Crippen LogP contribution in [0.15, 0.2) is 72.6 Å². The molecule has 2 unspecified atom stereocenters. The predicted molar refractivity (Wildman–Crippen MR) is 114 cm³/mol. The quantitative estimate of drug-likeness (QED) is 0.578. The van der Waals surface area contributed by atoms with Crippen LogP contribution in [0.2, 0.25) is 10.0 Å². The van der Waals surface area contributed by atoms with E-state index in [1.807, 2.05) is 30.1 Å². The van der Waals surface area contributed by atoms with E-state index in [4.69, 9.17) is 23.2 Å². The van der Waals surface area contributed by atoms with Crippen molar-refractivity contribution in [1.29, 1.82) is 0 Å². The van der Waals surface area contributed by atoms with E-state index in [0.29, 0.717) is 27.7 Å². The van der Waals surface area contributed by atoms with Crippen molar-refractivity contribution < 1.29 is 9.50 Å². The Hall–Kier alpha value is -2.40. The number of rotatable bonds is 4. The maximum Gasteiger partial charge on any atom is 0.123 e. The number of hydrogen-bond acceptors (Lipinski definition) is 3. The molecule has 6 heteroatoms. The van der Waals surface area contributed by atoms with Crippen LogP contribution in [0.1, 0.15) is 28.7 Å². The van der Waals surface area contributed by atoms with Gasteiger partial charge in [0.15, 0.2) is 0 Å². The SMILES string of the molecule is CN1CC(c2ccc(Cl)cc2Cl)C(C(O)c2cccnc2)=C1c1cccc(F)c1. The van der Waals surface area contributed by atoms with Gasteiger partial charge in [-0.3, -0.25) is 4.98 Å². The molecular formula is C23H19Cl2FN2O. The summed E-state index contributed by atoms with van der Waals surface area (Å²) in [6.45, 7) is 0.597. The molecule has 1 aromatic heterocycles. The Morgan fingerprint density at radius 1 is 1.14 bits per heavy atom. The predicted octanol–water partition coefficient (Wildman–Crippen LogP) is 5.70. The summed E-state index contributed by atoms with van der Waals surface area (Å²) in [5.41, 5.74) is 3.79. The highest BCUT2D eigenvalue weighted by atomic mass is 35.5. The molecule has 2 aromatic carbocycles. The van der Waals surface area contributed by atoms with Crippen molar-refractivity contribution in [2.75, 3.05) is 13.6 Å². The molecule has 148 valence electrons. The lowest BCUT2D eigenvalue weighted by atomic mass is 9.86. The molecule has 1 N–H and O–H groups in total. The molecule has 1 aliphatic rings. The van der Waals surface area contributed by atoms with E-state index < -0.39 is 6.10 Å². The van der Waals surface area contributed by atoms with Gasteiger partial charge >= 0.3 is 0 Å². The standard InChI is InChI=1S/C23H19Cl2FN2O/c1-28-13-19(18-8-7-16(24)11-20(18)25)21(23(29)15-5-3-9-27-12-15)22(28)14-4-2-6-17(26)10-14/h2-12,19,23,29H,13H2,1H3. The largest absolute Gasteiger partial charge is 0.384 e. The first kappa shape index (κ1) is 19.9. The lowest BCUT2D eigenvalue weighted by Crippen LogP contribution is -2.16. The number of hydrogen-bond donors (Lipinski definition) is 1. The van der Waals surface area contributed by atoms with Crippen LogP contribution in [-0.2, 0) is 0 Å². The molecule has 0 saturated heterocycles. The van der Waals surface area contributed by atoms with E-state index in [-0.39, 0.29) is 11.7 Å². The Balaban J connectivity index is 1.92. The Labute approximate surface area is 179 Å². The zero-order chi connectivity index (χ0) is 20.5. The third kappa shape index (κ3) is 3.88. The minimum absolute atomic E-state index is 0.182. The number of benzene rings is 2. The zero-order valence-corrected chi connectivity index (χ0v) is 17.2. The second-order valence-electron chi connectivity index (χ2n) is 7.10. The van der Waals surface area contributed by atoms with Crippen LogP contribution in [0.4, 0.5) is 4.39 Å². The van der Waals surface area contributed by atoms with Crippen LogP contribution < -0.4 is 0 Å². The topological polar surface area (TPSA) is 36.4 Å². The second-order valence-corrected chi connectivity index (χ2v) is 7.95. The Morgan fingerprint density at radius 2 is 1.97 bits per heavy atom. The van der Waals surface area contributed by atoms with Gasteiger partial charge in [0.2, 0.25) is 0 Å². The van der Waals surface area contributed by atoms with Gasteiger partial charge in [0.05, 0.1) is 0 Å². The van der Waals surface area contributed by atoms with Crippen LogP contribution in [0.5, 0.6) is 0 Å². The molecule has 0 spiro atoms. The van der Waals surface area contributed by atoms with Gasteiger partial charge in [0, 0.05) is 58.8 Å². The zero-order valence-electron chi connectivity index (χ0n) is 15.7. The van der Waals surface area contributed by atoms with Crippen LogP contribution in [0, 0.1) is 5.82 Å². The van der Waals surface area contributed by atoms with Gasteiger partial charge in [-0.05, 0) is 41.5 Å². The fourth-order valence-electron chi connectivity index (χ4n) is 3.96. The van der Waals surface area contributed by atoms with E-state index in [1.54, 1.807) is 36.7 Å². The van der Waals surface area contributed by atoms with Crippen LogP contribution >= 0.6 is 23.2 Å². The molecule has 1 aliphatic heterocycles. The van der Waals surface area contributed by atoms with E-state index in [2.05, 4.69) is 4.98 Å². The highest BCUT2D eigenvalue weighted by Crippen LogP contribution is 2.47. The highest BCUT2D eigenvalue weighted by Gasteiger charge is 2.37. The number of aromatic nitrogens is 1. The molecule has 3 nitrogen and oxygen atoms in total. The Kier molecular flexibility index (Phi) is 5.59. The summed E-state index contributed by atoms with van der Waals surface area (Å²) >= 11 is 12.6. The summed E-state index contributed by atoms with van der Waals surface area (Å²) in [6.07, 6.45) is 2.38. The van der Waals surface area contributed by atoms with Gasteiger partial charge < -0.3 is 10.0 Å². The van der Waals surface area contributed by atoms with Gasteiger partial charge in [0.25, 0.3) is 0 Å². The molecule has 2 heterocycles. The highest BCUT2D eigenvalue weighted by molar-refractivity contribution is 6.35. The summed E-state index contributed by atoms with van der Waals surface area (Å²) in [5, 5.41) is 12.4. The molecular weight excluding hydrogens is 410 g/mol. The van der Waals surface area contributed by atoms with Crippen molar-refractivity contribution in [2.24, 2.45) is 0 Å². The third-order valence-corrected chi connectivity index (χ3v) is 5.78. The van der Waals surface area contributed by atoms with Crippen LogP contribution in [0.3, 0.4) is 0 Å². The average molecular weight is 429 g/mol. The maximum absolute atomic E-state index is 14.0. The van der Waals surface area contributed by atoms with Gasteiger partial charge in [-0.15, -0.1) is 0 Å². The first-order valence-corrected chi connectivity index (χ1v) is 9.95. The van der Waals surface area contributed by atoms with E-state index in [1.165, 1.54) is 12.1 Å². The van der Waals surface area contributed by atoms with Crippen molar-refractivity contribution in [3.8, 4) is 0 Å². The lowest BCUT2D eigenvalue weighted by molar-refractivity contribution is 0.210. The van der Waals surface area contributed by atoms with Crippen molar-refractivity contribution in [3.05, 3.63) is 105 Å². The third-order valence-electron chi connectivity index (χ3n) is 5.22. The van der Waals surface area contributed by atoms with E-state index >= 15 is 0 Å². The smallest absolute Gasteiger partial charge is 0.123 e.